The minimum Gasteiger partial charge on any atom is -0.306 e. The van der Waals surface area contributed by atoms with Crippen molar-refractivity contribution < 1.29 is 0 Å². The van der Waals surface area contributed by atoms with Gasteiger partial charge in [-0.2, -0.15) is 0 Å². The van der Waals surface area contributed by atoms with E-state index in [0.29, 0.717) is 0 Å². The third kappa shape index (κ3) is 3.03. The highest BCUT2D eigenvalue weighted by atomic mass is 32.1. The van der Waals surface area contributed by atoms with Gasteiger partial charge < -0.3 is 5.32 Å². The van der Waals surface area contributed by atoms with Crippen LogP contribution in [0.3, 0.4) is 0 Å². The maximum atomic E-state index is 4.95. The van der Waals surface area contributed by atoms with Crippen LogP contribution in [0.2, 0.25) is 0 Å². The molecule has 0 bridgehead atoms. The molecule has 1 atom stereocenters. The van der Waals surface area contributed by atoms with Crippen molar-refractivity contribution in [3.63, 3.8) is 0 Å². The fraction of sp³-hybridized carbons (Fsp3) is 0.812. The number of thiazole rings is 1. The minimum atomic E-state index is 0.0814. The summed E-state index contributed by atoms with van der Waals surface area (Å²) in [5.74, 6) is 0.747. The van der Waals surface area contributed by atoms with Crippen molar-refractivity contribution >= 4 is 11.3 Å². The molecule has 0 saturated heterocycles. The molecule has 1 aromatic rings. The number of aromatic nitrogens is 1. The standard InChI is InChI=1S/C16H28N2S/c1-5-14-12(3)19-15(18-14)16(4,17-6-2)13-10-8-7-9-11-13/h13,17H,5-11H2,1-4H3. The Balaban J connectivity index is 2.30. The molecule has 3 heteroatoms. The molecule has 1 aliphatic carbocycles. The second kappa shape index (κ2) is 6.36. The van der Waals surface area contributed by atoms with Crippen LogP contribution in [0.1, 0.15) is 68.5 Å². The Bertz CT molecular complexity index is 407. The topological polar surface area (TPSA) is 24.9 Å². The van der Waals surface area contributed by atoms with E-state index in [2.05, 4.69) is 33.0 Å². The molecule has 2 rings (SSSR count). The van der Waals surface area contributed by atoms with Crippen LogP contribution >= 0.6 is 11.3 Å². The Morgan fingerprint density at radius 3 is 2.47 bits per heavy atom. The predicted octanol–water partition coefficient (Wildman–Crippen LogP) is 4.42. The molecule has 108 valence electrons. The van der Waals surface area contributed by atoms with Gasteiger partial charge in [-0.3, -0.25) is 0 Å². The highest BCUT2D eigenvalue weighted by Gasteiger charge is 2.38. The molecular weight excluding hydrogens is 252 g/mol. The van der Waals surface area contributed by atoms with Gasteiger partial charge in [0.05, 0.1) is 11.2 Å². The van der Waals surface area contributed by atoms with E-state index >= 15 is 0 Å². The summed E-state index contributed by atoms with van der Waals surface area (Å²) in [6, 6.07) is 0. The minimum absolute atomic E-state index is 0.0814. The third-order valence-corrected chi connectivity index (χ3v) is 5.89. The number of hydrogen-bond donors (Lipinski definition) is 1. The Kier molecular flexibility index (Phi) is 5.02. The molecule has 1 aliphatic rings. The number of rotatable bonds is 5. The molecule has 0 amide bonds. The average molecular weight is 280 g/mol. The molecule has 0 radical (unpaired) electrons. The quantitative estimate of drug-likeness (QED) is 0.863. The third-order valence-electron chi connectivity index (χ3n) is 4.64. The van der Waals surface area contributed by atoms with Gasteiger partial charge >= 0.3 is 0 Å². The van der Waals surface area contributed by atoms with Gasteiger partial charge in [0.1, 0.15) is 5.01 Å². The summed E-state index contributed by atoms with van der Waals surface area (Å²) in [4.78, 5) is 6.35. The summed E-state index contributed by atoms with van der Waals surface area (Å²) >= 11 is 1.91. The Labute approximate surface area is 122 Å². The van der Waals surface area contributed by atoms with Crippen molar-refractivity contribution in [2.45, 2.75) is 71.8 Å². The van der Waals surface area contributed by atoms with E-state index < -0.39 is 0 Å². The molecule has 1 saturated carbocycles. The van der Waals surface area contributed by atoms with Crippen molar-refractivity contribution in [2.75, 3.05) is 6.54 Å². The summed E-state index contributed by atoms with van der Waals surface area (Å²) in [7, 11) is 0. The first-order valence-electron chi connectivity index (χ1n) is 7.83. The summed E-state index contributed by atoms with van der Waals surface area (Å²) < 4.78 is 0. The second-order valence-corrected chi connectivity index (χ2v) is 7.15. The molecule has 1 N–H and O–H groups in total. The normalized spacial score (nSPS) is 20.4. The fourth-order valence-electron chi connectivity index (χ4n) is 3.42. The Morgan fingerprint density at radius 1 is 1.26 bits per heavy atom. The maximum absolute atomic E-state index is 4.95. The summed E-state index contributed by atoms with van der Waals surface area (Å²) in [6.07, 6.45) is 7.94. The van der Waals surface area contributed by atoms with Gasteiger partial charge in [-0.05, 0) is 45.6 Å². The van der Waals surface area contributed by atoms with Crippen molar-refractivity contribution in [3.05, 3.63) is 15.6 Å². The monoisotopic (exact) mass is 280 g/mol. The zero-order valence-corrected chi connectivity index (χ0v) is 13.7. The second-order valence-electron chi connectivity index (χ2n) is 5.94. The lowest BCUT2D eigenvalue weighted by Crippen LogP contribution is -2.46. The fourth-order valence-corrected chi connectivity index (χ4v) is 4.62. The van der Waals surface area contributed by atoms with Crippen molar-refractivity contribution in [3.8, 4) is 0 Å². The van der Waals surface area contributed by atoms with Crippen LogP contribution in [0, 0.1) is 12.8 Å². The predicted molar refractivity (Wildman–Crippen MR) is 83.8 cm³/mol. The summed E-state index contributed by atoms with van der Waals surface area (Å²) in [5, 5.41) is 5.07. The zero-order chi connectivity index (χ0) is 13.9. The molecule has 0 spiro atoms. The first-order valence-corrected chi connectivity index (χ1v) is 8.65. The Hall–Kier alpha value is -0.410. The number of nitrogens with zero attached hydrogens (tertiary/aromatic N) is 1. The van der Waals surface area contributed by atoms with Crippen LogP contribution in [0.15, 0.2) is 0 Å². The van der Waals surface area contributed by atoms with E-state index in [-0.39, 0.29) is 5.54 Å². The van der Waals surface area contributed by atoms with Crippen LogP contribution in [-0.2, 0) is 12.0 Å². The first kappa shape index (κ1) is 15.0. The lowest BCUT2D eigenvalue weighted by Gasteiger charge is -2.39. The largest absolute Gasteiger partial charge is 0.306 e. The number of aryl methyl sites for hydroxylation is 2. The summed E-state index contributed by atoms with van der Waals surface area (Å²) in [5.41, 5.74) is 1.37. The Morgan fingerprint density at radius 2 is 1.95 bits per heavy atom. The van der Waals surface area contributed by atoms with Gasteiger partial charge in [0.15, 0.2) is 0 Å². The van der Waals surface area contributed by atoms with Crippen LogP contribution < -0.4 is 5.32 Å². The molecular formula is C16H28N2S. The first-order chi connectivity index (χ1) is 9.11. The van der Waals surface area contributed by atoms with Gasteiger partial charge in [-0.1, -0.05) is 33.1 Å². The van der Waals surface area contributed by atoms with E-state index in [4.69, 9.17) is 4.98 Å². The average Bonchev–Trinajstić information content (AvgIpc) is 2.82. The van der Waals surface area contributed by atoms with Crippen molar-refractivity contribution in [1.29, 1.82) is 0 Å². The van der Waals surface area contributed by atoms with E-state index in [9.17, 15) is 0 Å². The van der Waals surface area contributed by atoms with Crippen LogP contribution in [0.25, 0.3) is 0 Å². The molecule has 19 heavy (non-hydrogen) atoms. The molecule has 2 nitrogen and oxygen atoms in total. The lowest BCUT2D eigenvalue weighted by atomic mass is 9.76. The van der Waals surface area contributed by atoms with E-state index in [1.54, 1.807) is 0 Å². The van der Waals surface area contributed by atoms with E-state index in [0.717, 1.165) is 18.9 Å². The lowest BCUT2D eigenvalue weighted by molar-refractivity contribution is 0.179. The van der Waals surface area contributed by atoms with Gasteiger partial charge in [0.25, 0.3) is 0 Å². The SMILES string of the molecule is CCNC(C)(c1nc(CC)c(C)s1)C1CCCCC1. The van der Waals surface area contributed by atoms with Crippen molar-refractivity contribution in [2.24, 2.45) is 5.92 Å². The number of nitrogens with one attached hydrogen (secondary N) is 1. The molecule has 0 aromatic carbocycles. The van der Waals surface area contributed by atoms with E-state index in [1.165, 1.54) is 47.7 Å². The van der Waals surface area contributed by atoms with Crippen LogP contribution in [-0.4, -0.2) is 11.5 Å². The van der Waals surface area contributed by atoms with Crippen LogP contribution in [0.4, 0.5) is 0 Å². The van der Waals surface area contributed by atoms with Crippen LogP contribution in [0.5, 0.6) is 0 Å². The van der Waals surface area contributed by atoms with Gasteiger partial charge in [0, 0.05) is 4.88 Å². The number of hydrogen-bond acceptors (Lipinski definition) is 3. The maximum Gasteiger partial charge on any atom is 0.113 e. The highest BCUT2D eigenvalue weighted by Crippen LogP contribution is 2.41. The highest BCUT2D eigenvalue weighted by molar-refractivity contribution is 7.11. The molecule has 1 heterocycles. The van der Waals surface area contributed by atoms with Gasteiger partial charge in [-0.25, -0.2) is 4.98 Å². The smallest absolute Gasteiger partial charge is 0.113 e. The zero-order valence-electron chi connectivity index (χ0n) is 12.9. The summed E-state index contributed by atoms with van der Waals surface area (Å²) in [6.45, 7) is 10.0. The van der Waals surface area contributed by atoms with Crippen molar-refractivity contribution in [1.82, 2.24) is 10.3 Å². The van der Waals surface area contributed by atoms with Gasteiger partial charge in [0.2, 0.25) is 0 Å². The molecule has 0 aliphatic heterocycles. The van der Waals surface area contributed by atoms with Gasteiger partial charge in [-0.15, -0.1) is 11.3 Å². The molecule has 1 aromatic heterocycles. The molecule has 1 unspecified atom stereocenters. The van der Waals surface area contributed by atoms with E-state index in [1.807, 2.05) is 11.3 Å². The molecule has 1 fully saturated rings.